The molecular formula is C19H17N5O. The van der Waals surface area contributed by atoms with Gasteiger partial charge in [0.25, 0.3) is 0 Å². The number of carbonyl (C=O) groups is 1. The number of nitriles is 1. The van der Waals surface area contributed by atoms with Gasteiger partial charge in [-0.1, -0.05) is 18.9 Å². The highest BCUT2D eigenvalue weighted by molar-refractivity contribution is 6.04. The van der Waals surface area contributed by atoms with Crippen molar-refractivity contribution in [2.45, 2.75) is 37.6 Å². The van der Waals surface area contributed by atoms with Crippen LogP contribution in [0, 0.1) is 11.3 Å². The Bertz CT molecular complexity index is 951. The number of nitrogens with zero attached hydrogens (tertiary/aromatic N) is 5. The first-order valence-corrected chi connectivity index (χ1v) is 8.46. The molecule has 0 aromatic carbocycles. The maximum Gasteiger partial charge on any atom is 0.187 e. The summed E-state index contributed by atoms with van der Waals surface area (Å²) in [6, 6.07) is 9.44. The summed E-state index contributed by atoms with van der Waals surface area (Å²) in [4.78, 5) is 21.4. The second kappa shape index (κ2) is 6.44. The fourth-order valence-electron chi connectivity index (χ4n) is 3.46. The Morgan fingerprint density at radius 2 is 2.08 bits per heavy atom. The minimum absolute atomic E-state index is 0.288. The van der Waals surface area contributed by atoms with Gasteiger partial charge in [-0.2, -0.15) is 10.4 Å². The van der Waals surface area contributed by atoms with E-state index in [1.54, 1.807) is 42.9 Å². The number of ketones is 1. The van der Waals surface area contributed by atoms with Crippen LogP contribution in [-0.4, -0.2) is 25.5 Å². The van der Waals surface area contributed by atoms with Gasteiger partial charge in [-0.3, -0.25) is 9.78 Å². The van der Waals surface area contributed by atoms with E-state index in [-0.39, 0.29) is 5.78 Å². The second-order valence-corrected chi connectivity index (χ2v) is 6.35. The number of rotatable bonds is 4. The Balaban J connectivity index is 1.67. The SMILES string of the molecule is N#C[C@H](C(=O)c1cnc2c(cnn2C2CCCC2)c1)c1ccccn1. The van der Waals surface area contributed by atoms with Gasteiger partial charge in [0.1, 0.15) is 0 Å². The van der Waals surface area contributed by atoms with E-state index in [0.29, 0.717) is 17.3 Å². The van der Waals surface area contributed by atoms with Crippen molar-refractivity contribution in [3.63, 3.8) is 0 Å². The normalized spacial score (nSPS) is 16.0. The number of hydrogen-bond donors (Lipinski definition) is 0. The lowest BCUT2D eigenvalue weighted by molar-refractivity contribution is 0.0977. The highest BCUT2D eigenvalue weighted by Crippen LogP contribution is 2.31. The molecule has 1 atom stereocenters. The van der Waals surface area contributed by atoms with Crippen LogP contribution in [0.1, 0.15) is 53.7 Å². The molecule has 0 radical (unpaired) electrons. The zero-order chi connectivity index (χ0) is 17.2. The van der Waals surface area contributed by atoms with Gasteiger partial charge in [0.05, 0.1) is 24.0 Å². The Labute approximate surface area is 145 Å². The molecule has 6 nitrogen and oxygen atoms in total. The quantitative estimate of drug-likeness (QED) is 0.684. The average molecular weight is 331 g/mol. The van der Waals surface area contributed by atoms with E-state index in [1.807, 2.05) is 4.68 Å². The fraction of sp³-hybridized carbons (Fsp3) is 0.316. The van der Waals surface area contributed by atoms with Crippen molar-refractivity contribution in [1.29, 1.82) is 5.26 Å². The van der Waals surface area contributed by atoms with Crippen molar-refractivity contribution < 1.29 is 4.79 Å². The maximum absolute atomic E-state index is 12.8. The molecule has 1 aliphatic rings. The standard InChI is InChI=1S/C19H17N5O/c20-10-16(17-7-3-4-8-21-17)18(25)13-9-14-12-23-24(19(14)22-11-13)15-5-1-2-6-15/h3-4,7-9,11-12,15-16H,1-2,5-6H2/t16-/m0/s1. The summed E-state index contributed by atoms with van der Waals surface area (Å²) >= 11 is 0. The van der Waals surface area contributed by atoms with Crippen molar-refractivity contribution in [3.8, 4) is 6.07 Å². The van der Waals surface area contributed by atoms with E-state index in [0.717, 1.165) is 23.9 Å². The van der Waals surface area contributed by atoms with Crippen LogP contribution in [-0.2, 0) is 0 Å². The molecule has 3 aromatic rings. The Kier molecular flexibility index (Phi) is 3.98. The van der Waals surface area contributed by atoms with Gasteiger partial charge in [0, 0.05) is 23.3 Å². The average Bonchev–Trinajstić information content (AvgIpc) is 3.32. The number of carbonyl (C=O) groups excluding carboxylic acids is 1. The third-order valence-electron chi connectivity index (χ3n) is 4.76. The van der Waals surface area contributed by atoms with Gasteiger partial charge in [-0.05, 0) is 31.0 Å². The minimum atomic E-state index is -0.926. The number of aromatic nitrogens is 4. The summed E-state index contributed by atoms with van der Waals surface area (Å²) < 4.78 is 1.97. The van der Waals surface area contributed by atoms with E-state index in [9.17, 15) is 10.1 Å². The van der Waals surface area contributed by atoms with Crippen LogP contribution in [0.15, 0.2) is 42.9 Å². The fourth-order valence-corrected chi connectivity index (χ4v) is 3.46. The molecule has 4 rings (SSSR count). The molecule has 0 bridgehead atoms. The smallest absolute Gasteiger partial charge is 0.187 e. The maximum atomic E-state index is 12.8. The van der Waals surface area contributed by atoms with Gasteiger partial charge in [-0.25, -0.2) is 9.67 Å². The van der Waals surface area contributed by atoms with Crippen LogP contribution in [0.3, 0.4) is 0 Å². The van der Waals surface area contributed by atoms with E-state index < -0.39 is 5.92 Å². The van der Waals surface area contributed by atoms with E-state index >= 15 is 0 Å². The highest BCUT2D eigenvalue weighted by atomic mass is 16.1. The third-order valence-corrected chi connectivity index (χ3v) is 4.76. The molecule has 0 saturated heterocycles. The second-order valence-electron chi connectivity index (χ2n) is 6.35. The zero-order valence-corrected chi connectivity index (χ0v) is 13.7. The first-order chi connectivity index (χ1) is 12.3. The molecule has 0 spiro atoms. The van der Waals surface area contributed by atoms with Crippen molar-refractivity contribution in [2.75, 3.05) is 0 Å². The predicted molar refractivity (Wildman–Crippen MR) is 92.0 cm³/mol. The van der Waals surface area contributed by atoms with Crippen molar-refractivity contribution in [2.24, 2.45) is 0 Å². The van der Waals surface area contributed by atoms with Gasteiger partial charge in [0.2, 0.25) is 0 Å². The molecule has 1 aliphatic carbocycles. The van der Waals surface area contributed by atoms with Gasteiger partial charge >= 0.3 is 0 Å². The van der Waals surface area contributed by atoms with Gasteiger partial charge in [0.15, 0.2) is 17.3 Å². The van der Waals surface area contributed by atoms with Crippen molar-refractivity contribution in [3.05, 3.63) is 54.1 Å². The Hall–Kier alpha value is -3.07. The molecule has 3 heterocycles. The van der Waals surface area contributed by atoms with Crippen LogP contribution in [0.25, 0.3) is 11.0 Å². The van der Waals surface area contributed by atoms with Crippen LogP contribution >= 0.6 is 0 Å². The zero-order valence-electron chi connectivity index (χ0n) is 13.7. The molecule has 0 unspecified atom stereocenters. The van der Waals surface area contributed by atoms with Crippen molar-refractivity contribution >= 4 is 16.8 Å². The van der Waals surface area contributed by atoms with Gasteiger partial charge in [-0.15, -0.1) is 0 Å². The lowest BCUT2D eigenvalue weighted by atomic mass is 9.96. The largest absolute Gasteiger partial charge is 0.292 e. The summed E-state index contributed by atoms with van der Waals surface area (Å²) in [6.07, 6.45) is 9.56. The molecule has 6 heteroatoms. The number of hydrogen-bond acceptors (Lipinski definition) is 5. The Morgan fingerprint density at radius 1 is 1.24 bits per heavy atom. The summed E-state index contributed by atoms with van der Waals surface area (Å²) in [5.74, 6) is -1.21. The molecule has 0 N–H and O–H groups in total. The number of pyridine rings is 2. The lowest BCUT2D eigenvalue weighted by Crippen LogP contribution is -2.13. The van der Waals surface area contributed by atoms with E-state index in [4.69, 9.17) is 0 Å². The molecule has 25 heavy (non-hydrogen) atoms. The van der Waals surface area contributed by atoms with Crippen LogP contribution in [0.5, 0.6) is 0 Å². The van der Waals surface area contributed by atoms with Crippen LogP contribution in [0.4, 0.5) is 0 Å². The summed E-state index contributed by atoms with van der Waals surface area (Å²) in [6.45, 7) is 0. The van der Waals surface area contributed by atoms with Crippen LogP contribution < -0.4 is 0 Å². The monoisotopic (exact) mass is 331 g/mol. The number of fused-ring (bicyclic) bond motifs is 1. The molecule has 1 fully saturated rings. The minimum Gasteiger partial charge on any atom is -0.292 e. The summed E-state index contributed by atoms with van der Waals surface area (Å²) in [5.41, 5.74) is 1.67. The van der Waals surface area contributed by atoms with Crippen LogP contribution in [0.2, 0.25) is 0 Å². The van der Waals surface area contributed by atoms with Crippen molar-refractivity contribution in [1.82, 2.24) is 19.7 Å². The topological polar surface area (TPSA) is 84.5 Å². The molecule has 0 aliphatic heterocycles. The van der Waals surface area contributed by atoms with E-state index in [2.05, 4.69) is 21.1 Å². The molecular weight excluding hydrogens is 314 g/mol. The number of Topliss-reactive ketones (excluding diaryl/α,β-unsaturated/α-hetero) is 1. The first-order valence-electron chi connectivity index (χ1n) is 8.46. The van der Waals surface area contributed by atoms with E-state index in [1.165, 1.54) is 12.8 Å². The third kappa shape index (κ3) is 2.78. The predicted octanol–water partition coefficient (Wildman–Crippen LogP) is 3.43. The molecule has 124 valence electrons. The Morgan fingerprint density at radius 3 is 2.80 bits per heavy atom. The lowest BCUT2D eigenvalue weighted by Gasteiger charge is -2.11. The molecule has 1 saturated carbocycles. The highest BCUT2D eigenvalue weighted by Gasteiger charge is 2.25. The summed E-state index contributed by atoms with van der Waals surface area (Å²) in [7, 11) is 0. The first kappa shape index (κ1) is 15.5. The van der Waals surface area contributed by atoms with Gasteiger partial charge < -0.3 is 0 Å². The molecule has 0 amide bonds. The molecule has 3 aromatic heterocycles. The summed E-state index contributed by atoms with van der Waals surface area (Å²) in [5, 5.41) is 14.7.